The Labute approximate surface area is 86.6 Å². The van der Waals surface area contributed by atoms with Gasteiger partial charge < -0.3 is 10.6 Å². The van der Waals surface area contributed by atoms with Crippen molar-refractivity contribution in [2.45, 2.75) is 27.2 Å². The van der Waals surface area contributed by atoms with Gasteiger partial charge in [-0.3, -0.25) is 4.79 Å². The first kappa shape index (κ1) is 11.5. The first-order valence-corrected chi connectivity index (χ1v) is 5.52. The molecule has 0 aromatic rings. The van der Waals surface area contributed by atoms with Gasteiger partial charge in [0.15, 0.2) is 0 Å². The van der Waals surface area contributed by atoms with Crippen molar-refractivity contribution in [3.8, 4) is 0 Å². The molecule has 0 aromatic heterocycles. The van der Waals surface area contributed by atoms with E-state index in [4.69, 9.17) is 5.73 Å². The van der Waals surface area contributed by atoms with E-state index in [1.807, 2.05) is 4.90 Å². The Morgan fingerprint density at radius 2 is 2.14 bits per heavy atom. The highest BCUT2D eigenvalue weighted by atomic mass is 16.2. The van der Waals surface area contributed by atoms with Crippen LogP contribution in [0.15, 0.2) is 0 Å². The molecule has 0 saturated carbocycles. The van der Waals surface area contributed by atoms with Gasteiger partial charge in [-0.25, -0.2) is 0 Å². The summed E-state index contributed by atoms with van der Waals surface area (Å²) in [5.74, 6) is 1.89. The largest absolute Gasteiger partial charge is 0.342 e. The maximum absolute atomic E-state index is 11.6. The monoisotopic (exact) mass is 198 g/mol. The Kier molecular flexibility index (Phi) is 3.93. The second-order valence-corrected chi connectivity index (χ2v) is 4.83. The Balaban J connectivity index is 2.42. The van der Waals surface area contributed by atoms with E-state index in [1.54, 1.807) is 0 Å². The Morgan fingerprint density at radius 1 is 1.50 bits per heavy atom. The summed E-state index contributed by atoms with van der Waals surface area (Å²) in [7, 11) is 0. The zero-order valence-electron chi connectivity index (χ0n) is 9.49. The van der Waals surface area contributed by atoms with Crippen molar-refractivity contribution in [2.75, 3.05) is 19.6 Å². The summed E-state index contributed by atoms with van der Waals surface area (Å²) >= 11 is 0. The topological polar surface area (TPSA) is 46.3 Å². The van der Waals surface area contributed by atoms with Crippen LogP contribution in [0, 0.1) is 17.8 Å². The average Bonchev–Trinajstić information content (AvgIpc) is 2.47. The lowest BCUT2D eigenvalue weighted by Gasteiger charge is -2.23. The van der Waals surface area contributed by atoms with Crippen LogP contribution in [0.3, 0.4) is 0 Å². The van der Waals surface area contributed by atoms with Gasteiger partial charge in [0.1, 0.15) is 0 Å². The number of hydrogen-bond acceptors (Lipinski definition) is 2. The van der Waals surface area contributed by atoms with Crippen LogP contribution in [0.4, 0.5) is 0 Å². The van der Waals surface area contributed by atoms with Crippen LogP contribution in [-0.4, -0.2) is 30.4 Å². The molecular formula is C11H22N2O. The molecule has 1 amide bonds. The highest BCUT2D eigenvalue weighted by Gasteiger charge is 2.29. The molecular weight excluding hydrogens is 176 g/mol. The molecule has 1 fully saturated rings. The van der Waals surface area contributed by atoms with E-state index in [1.165, 1.54) is 0 Å². The molecule has 2 N–H and O–H groups in total. The lowest BCUT2D eigenvalue weighted by Crippen LogP contribution is -2.32. The third-order valence-electron chi connectivity index (χ3n) is 3.27. The molecule has 0 aromatic carbocycles. The SMILES string of the molecule is CC(C)C(C)CN1CC(CN)CC1=O. The molecule has 3 heteroatoms. The Hall–Kier alpha value is -0.570. The van der Waals surface area contributed by atoms with Crippen molar-refractivity contribution in [1.29, 1.82) is 0 Å². The third kappa shape index (κ3) is 2.71. The summed E-state index contributed by atoms with van der Waals surface area (Å²) in [6, 6.07) is 0. The molecule has 0 spiro atoms. The van der Waals surface area contributed by atoms with Gasteiger partial charge in [0, 0.05) is 19.5 Å². The molecule has 2 atom stereocenters. The lowest BCUT2D eigenvalue weighted by atomic mass is 9.98. The Bertz CT molecular complexity index is 203. The second kappa shape index (κ2) is 4.78. The van der Waals surface area contributed by atoms with E-state index in [9.17, 15) is 4.79 Å². The molecule has 1 heterocycles. The summed E-state index contributed by atoms with van der Waals surface area (Å²) in [6.07, 6.45) is 0.654. The summed E-state index contributed by atoms with van der Waals surface area (Å²) in [4.78, 5) is 13.5. The van der Waals surface area contributed by atoms with E-state index in [-0.39, 0.29) is 5.91 Å². The maximum Gasteiger partial charge on any atom is 0.222 e. The average molecular weight is 198 g/mol. The number of rotatable bonds is 4. The van der Waals surface area contributed by atoms with Crippen LogP contribution in [0.2, 0.25) is 0 Å². The van der Waals surface area contributed by atoms with Crippen LogP contribution in [0.5, 0.6) is 0 Å². The first-order valence-electron chi connectivity index (χ1n) is 5.52. The van der Waals surface area contributed by atoms with E-state index < -0.39 is 0 Å². The molecule has 0 bridgehead atoms. The third-order valence-corrected chi connectivity index (χ3v) is 3.27. The predicted molar refractivity (Wildman–Crippen MR) is 57.7 cm³/mol. The van der Waals surface area contributed by atoms with Gasteiger partial charge in [-0.2, -0.15) is 0 Å². The number of nitrogens with zero attached hydrogens (tertiary/aromatic N) is 1. The van der Waals surface area contributed by atoms with Gasteiger partial charge in [-0.15, -0.1) is 0 Å². The highest BCUT2D eigenvalue weighted by Crippen LogP contribution is 2.20. The number of amides is 1. The smallest absolute Gasteiger partial charge is 0.222 e. The van der Waals surface area contributed by atoms with Crippen molar-refractivity contribution < 1.29 is 4.79 Å². The van der Waals surface area contributed by atoms with Crippen LogP contribution < -0.4 is 5.73 Å². The first-order chi connectivity index (χ1) is 6.54. The van der Waals surface area contributed by atoms with Gasteiger partial charge in [0.25, 0.3) is 0 Å². The van der Waals surface area contributed by atoms with E-state index in [2.05, 4.69) is 20.8 Å². The van der Waals surface area contributed by atoms with Gasteiger partial charge in [-0.1, -0.05) is 20.8 Å². The molecule has 82 valence electrons. The predicted octanol–water partition coefficient (Wildman–Crippen LogP) is 1.09. The minimum Gasteiger partial charge on any atom is -0.342 e. The number of hydrogen-bond donors (Lipinski definition) is 1. The van der Waals surface area contributed by atoms with Gasteiger partial charge >= 0.3 is 0 Å². The molecule has 1 saturated heterocycles. The minimum atomic E-state index is 0.285. The minimum absolute atomic E-state index is 0.285. The summed E-state index contributed by atoms with van der Waals surface area (Å²) in [6.45, 7) is 9.00. The quantitative estimate of drug-likeness (QED) is 0.735. The van der Waals surface area contributed by atoms with Gasteiger partial charge in [0.2, 0.25) is 5.91 Å². The second-order valence-electron chi connectivity index (χ2n) is 4.83. The maximum atomic E-state index is 11.6. The number of carbonyl (C=O) groups is 1. The molecule has 1 rings (SSSR count). The summed E-state index contributed by atoms with van der Waals surface area (Å²) in [5.41, 5.74) is 5.57. The van der Waals surface area contributed by atoms with Crippen molar-refractivity contribution in [3.05, 3.63) is 0 Å². The number of carbonyl (C=O) groups excluding carboxylic acids is 1. The van der Waals surface area contributed by atoms with Crippen molar-refractivity contribution in [3.63, 3.8) is 0 Å². The zero-order chi connectivity index (χ0) is 10.7. The number of likely N-dealkylation sites (tertiary alicyclic amines) is 1. The molecule has 1 aliphatic heterocycles. The fraction of sp³-hybridized carbons (Fsp3) is 0.909. The fourth-order valence-corrected chi connectivity index (χ4v) is 1.75. The summed E-state index contributed by atoms with van der Waals surface area (Å²) in [5, 5.41) is 0. The van der Waals surface area contributed by atoms with E-state index in [0.29, 0.717) is 30.7 Å². The van der Waals surface area contributed by atoms with Crippen molar-refractivity contribution in [2.24, 2.45) is 23.5 Å². The van der Waals surface area contributed by atoms with Crippen LogP contribution in [0.1, 0.15) is 27.2 Å². The van der Waals surface area contributed by atoms with Crippen LogP contribution >= 0.6 is 0 Å². The highest BCUT2D eigenvalue weighted by molar-refractivity contribution is 5.78. The van der Waals surface area contributed by atoms with Crippen LogP contribution in [-0.2, 0) is 4.79 Å². The fourth-order valence-electron chi connectivity index (χ4n) is 1.75. The van der Waals surface area contributed by atoms with Crippen LogP contribution in [0.25, 0.3) is 0 Å². The molecule has 1 aliphatic rings. The molecule has 3 nitrogen and oxygen atoms in total. The molecule has 0 radical (unpaired) electrons. The lowest BCUT2D eigenvalue weighted by molar-refractivity contribution is -0.128. The molecule has 0 aliphatic carbocycles. The standard InChI is InChI=1S/C11H22N2O/c1-8(2)9(3)6-13-7-10(5-12)4-11(13)14/h8-10H,4-7,12H2,1-3H3. The van der Waals surface area contributed by atoms with Gasteiger partial charge in [-0.05, 0) is 24.3 Å². The molecule has 14 heavy (non-hydrogen) atoms. The molecule has 2 unspecified atom stereocenters. The Morgan fingerprint density at radius 3 is 2.57 bits per heavy atom. The van der Waals surface area contributed by atoms with E-state index >= 15 is 0 Å². The van der Waals surface area contributed by atoms with Crippen molar-refractivity contribution in [1.82, 2.24) is 4.90 Å². The van der Waals surface area contributed by atoms with E-state index in [0.717, 1.165) is 13.1 Å². The van der Waals surface area contributed by atoms with Gasteiger partial charge in [0.05, 0.1) is 0 Å². The summed E-state index contributed by atoms with van der Waals surface area (Å²) < 4.78 is 0. The zero-order valence-corrected chi connectivity index (χ0v) is 9.49. The number of nitrogens with two attached hydrogens (primary N) is 1. The van der Waals surface area contributed by atoms with Crippen molar-refractivity contribution >= 4 is 5.91 Å². The normalized spacial score (nSPS) is 24.8.